The fourth-order valence-electron chi connectivity index (χ4n) is 5.46. The standard InChI is InChI=1S/C28H14F4N.C13H24O2.Ir/c29-19-6-8-20-17(14-19)5-7-23-22(20)9-10-25-24(23)11-12-33-27(25)18-13-16-3-1-2-4-21(16)26(15-18)28(30,31)32;1-7-12(3,4)10(14)9-11(15)13(5,6)8-2;/h1-12,14-15H;9,14H,7-8H2,1-6H3;/q-1;;/b;10-9-;. The Morgan fingerprint density at radius 3 is 2.04 bits per heavy atom. The van der Waals surface area contributed by atoms with Crippen LogP contribution in [-0.2, 0) is 31.1 Å². The Morgan fingerprint density at radius 1 is 0.776 bits per heavy atom. The zero-order valence-corrected chi connectivity index (χ0v) is 30.6. The number of allylic oxidation sites excluding steroid dienone is 2. The molecule has 0 amide bonds. The molecule has 0 unspecified atom stereocenters. The zero-order valence-electron chi connectivity index (χ0n) is 28.2. The molecule has 0 atom stereocenters. The number of rotatable bonds is 6. The van der Waals surface area contributed by atoms with Gasteiger partial charge in [0.05, 0.1) is 0 Å². The number of aliphatic hydroxyl groups excluding tert-OH is 1. The molecule has 0 aliphatic carbocycles. The molecular formula is C41H38F4IrNO2-. The SMILES string of the molecule is CCC(C)(C)C(=O)/C=C(\O)C(C)(C)CC.Fc1ccc2c(ccc3c4ccnc(-c5[c-]c6ccccc6c(C(F)(F)F)c5)c4ccc23)c1.[Ir]. The van der Waals surface area contributed by atoms with Crippen LogP contribution in [-0.4, -0.2) is 15.9 Å². The van der Waals surface area contributed by atoms with Crippen molar-refractivity contribution in [3.05, 3.63) is 114 Å². The normalized spacial score (nSPS) is 12.6. The van der Waals surface area contributed by atoms with Gasteiger partial charge in [-0.2, -0.15) is 13.2 Å². The number of fused-ring (bicyclic) bond motifs is 6. The largest absolute Gasteiger partial charge is 0.512 e. The second-order valence-corrected chi connectivity index (χ2v) is 13.4. The monoisotopic (exact) mass is 845 g/mol. The first-order valence-corrected chi connectivity index (χ1v) is 16.0. The quantitative estimate of drug-likeness (QED) is 0.0597. The Morgan fingerprint density at radius 2 is 1.37 bits per heavy atom. The van der Waals surface area contributed by atoms with Crippen LogP contribution in [0.4, 0.5) is 17.6 Å². The molecule has 1 radical (unpaired) electrons. The van der Waals surface area contributed by atoms with Crippen LogP contribution in [0.15, 0.2) is 96.9 Å². The Hall–Kier alpha value is -4.13. The van der Waals surface area contributed by atoms with Crippen molar-refractivity contribution >= 4 is 48.9 Å². The van der Waals surface area contributed by atoms with Crippen LogP contribution in [0.5, 0.6) is 0 Å². The summed E-state index contributed by atoms with van der Waals surface area (Å²) in [4.78, 5) is 16.3. The molecular weight excluding hydrogens is 807 g/mol. The summed E-state index contributed by atoms with van der Waals surface area (Å²) < 4.78 is 55.2. The second kappa shape index (κ2) is 14.4. The summed E-state index contributed by atoms with van der Waals surface area (Å²) >= 11 is 0. The number of nitrogens with zero attached hydrogens (tertiary/aromatic N) is 1. The van der Waals surface area contributed by atoms with Gasteiger partial charge in [0.15, 0.2) is 5.78 Å². The predicted molar refractivity (Wildman–Crippen MR) is 187 cm³/mol. The molecule has 1 aromatic heterocycles. The third kappa shape index (κ3) is 7.71. The minimum Gasteiger partial charge on any atom is -0.512 e. The first-order valence-electron chi connectivity index (χ1n) is 16.0. The van der Waals surface area contributed by atoms with E-state index in [0.717, 1.165) is 51.2 Å². The molecule has 6 aromatic rings. The minimum absolute atomic E-state index is 0. The van der Waals surface area contributed by atoms with Crippen LogP contribution in [0, 0.1) is 22.7 Å². The average Bonchev–Trinajstić information content (AvgIpc) is 3.06. The molecule has 0 spiro atoms. The van der Waals surface area contributed by atoms with E-state index in [1.807, 2.05) is 71.9 Å². The molecule has 3 nitrogen and oxygen atoms in total. The van der Waals surface area contributed by atoms with E-state index >= 15 is 0 Å². The van der Waals surface area contributed by atoms with Gasteiger partial charge in [-0.3, -0.25) is 9.78 Å². The topological polar surface area (TPSA) is 50.2 Å². The van der Waals surface area contributed by atoms with E-state index < -0.39 is 11.7 Å². The number of carbonyl (C=O) groups is 1. The van der Waals surface area contributed by atoms with Crippen molar-refractivity contribution in [3.63, 3.8) is 0 Å². The summed E-state index contributed by atoms with van der Waals surface area (Å²) in [6, 6.07) is 24.6. The number of carbonyl (C=O) groups excluding carboxylic acids is 1. The molecule has 0 aliphatic heterocycles. The van der Waals surface area contributed by atoms with Gasteiger partial charge in [-0.25, -0.2) is 4.39 Å². The first-order chi connectivity index (χ1) is 22.6. The van der Waals surface area contributed by atoms with E-state index in [4.69, 9.17) is 0 Å². The number of benzene rings is 5. The number of hydrogen-bond donors (Lipinski definition) is 1. The third-order valence-corrected chi connectivity index (χ3v) is 9.45. The summed E-state index contributed by atoms with van der Waals surface area (Å²) in [5, 5.41) is 15.5. The zero-order chi connectivity index (χ0) is 35.0. The molecule has 6 rings (SSSR count). The van der Waals surface area contributed by atoms with Crippen molar-refractivity contribution in [2.24, 2.45) is 10.8 Å². The maximum absolute atomic E-state index is 13.9. The van der Waals surface area contributed by atoms with Crippen molar-refractivity contribution in [1.82, 2.24) is 4.98 Å². The van der Waals surface area contributed by atoms with Gasteiger partial charge in [-0.05, 0) is 68.9 Å². The fourth-order valence-corrected chi connectivity index (χ4v) is 5.46. The first kappa shape index (κ1) is 37.7. The van der Waals surface area contributed by atoms with Crippen LogP contribution in [0.2, 0.25) is 0 Å². The molecule has 1 heterocycles. The third-order valence-electron chi connectivity index (χ3n) is 9.45. The predicted octanol–water partition coefficient (Wildman–Crippen LogP) is 12.2. The maximum Gasteiger partial charge on any atom is 0.403 e. The summed E-state index contributed by atoms with van der Waals surface area (Å²) in [5.41, 5.74) is -0.671. The number of aliphatic hydroxyl groups is 1. The summed E-state index contributed by atoms with van der Waals surface area (Å²) in [6.07, 6.45) is 0.0848. The van der Waals surface area contributed by atoms with Crippen molar-refractivity contribution < 1.29 is 47.6 Å². The molecule has 49 heavy (non-hydrogen) atoms. The smallest absolute Gasteiger partial charge is 0.403 e. The Balaban J connectivity index is 0.000000290. The van der Waals surface area contributed by atoms with E-state index in [2.05, 4.69) is 11.1 Å². The minimum atomic E-state index is -4.51. The van der Waals surface area contributed by atoms with Gasteiger partial charge in [0.2, 0.25) is 0 Å². The van der Waals surface area contributed by atoms with Gasteiger partial charge in [0, 0.05) is 48.9 Å². The van der Waals surface area contributed by atoms with E-state index in [-0.39, 0.29) is 59.2 Å². The molecule has 0 fully saturated rings. The van der Waals surface area contributed by atoms with Crippen LogP contribution in [0.3, 0.4) is 0 Å². The molecule has 0 saturated carbocycles. The second-order valence-electron chi connectivity index (χ2n) is 13.4. The maximum atomic E-state index is 13.9. The van der Waals surface area contributed by atoms with Crippen molar-refractivity contribution in [1.29, 1.82) is 0 Å². The van der Waals surface area contributed by atoms with Crippen molar-refractivity contribution in [2.75, 3.05) is 0 Å². The molecule has 8 heteroatoms. The van der Waals surface area contributed by atoms with Crippen LogP contribution in [0.1, 0.15) is 59.9 Å². The summed E-state index contributed by atoms with van der Waals surface area (Å²) in [5.74, 6) is -0.109. The Kier molecular flexibility index (Phi) is 11.1. The molecule has 0 aliphatic rings. The fraction of sp³-hybridized carbons (Fsp3) is 0.268. The molecule has 5 aromatic carbocycles. The van der Waals surface area contributed by atoms with E-state index in [9.17, 15) is 27.5 Å². The van der Waals surface area contributed by atoms with Crippen LogP contribution in [0.25, 0.3) is 54.3 Å². The molecule has 0 bridgehead atoms. The Bertz CT molecular complexity index is 2200. The van der Waals surface area contributed by atoms with Gasteiger partial charge in [0.1, 0.15) is 11.6 Å². The number of aromatic nitrogens is 1. The molecule has 1 N–H and O–H groups in total. The number of hydrogen-bond acceptors (Lipinski definition) is 3. The van der Waals surface area contributed by atoms with Gasteiger partial charge in [-0.15, -0.1) is 23.6 Å². The van der Waals surface area contributed by atoms with Gasteiger partial charge in [0.25, 0.3) is 0 Å². The van der Waals surface area contributed by atoms with Crippen LogP contribution < -0.4 is 0 Å². The van der Waals surface area contributed by atoms with Gasteiger partial charge < -0.3 is 5.11 Å². The summed E-state index contributed by atoms with van der Waals surface area (Å²) in [6.45, 7) is 11.7. The average molecular weight is 845 g/mol. The number of ketones is 1. The van der Waals surface area contributed by atoms with E-state index in [0.29, 0.717) is 11.1 Å². The molecule has 257 valence electrons. The van der Waals surface area contributed by atoms with Gasteiger partial charge in [-0.1, -0.05) is 101 Å². The van der Waals surface area contributed by atoms with Gasteiger partial charge >= 0.3 is 6.18 Å². The number of halogens is 4. The number of alkyl halides is 3. The van der Waals surface area contributed by atoms with Crippen molar-refractivity contribution in [3.8, 4) is 11.3 Å². The Labute approximate surface area is 297 Å². The number of pyridine rings is 1. The molecule has 0 saturated heterocycles. The van der Waals surface area contributed by atoms with E-state index in [1.165, 1.54) is 24.3 Å². The van der Waals surface area contributed by atoms with E-state index in [1.54, 1.807) is 30.5 Å². The summed E-state index contributed by atoms with van der Waals surface area (Å²) in [7, 11) is 0. The van der Waals surface area contributed by atoms with Crippen LogP contribution >= 0.6 is 0 Å². The van der Waals surface area contributed by atoms with Crippen molar-refractivity contribution in [2.45, 2.75) is 60.6 Å².